The standard InChI is InChI=1S/C19H19N3O3/c23-18-10-15(13-21(18)12-14-4-2-1-3-5-14)19(24)22-8-9-25-17-6-7-20-11-16(17)22/h1-7,11,15H,8-10,12-13H2/t15-/m0/s1. The Labute approximate surface area is 146 Å². The van der Waals surface area contributed by atoms with E-state index in [2.05, 4.69) is 4.98 Å². The average molecular weight is 337 g/mol. The second kappa shape index (κ2) is 6.55. The van der Waals surface area contributed by atoms with Crippen molar-refractivity contribution in [3.8, 4) is 5.75 Å². The Morgan fingerprint density at radius 1 is 1.24 bits per heavy atom. The topological polar surface area (TPSA) is 62.7 Å². The Morgan fingerprint density at radius 3 is 2.92 bits per heavy atom. The number of hydrogen-bond donors (Lipinski definition) is 0. The zero-order valence-electron chi connectivity index (χ0n) is 13.8. The Morgan fingerprint density at radius 2 is 2.08 bits per heavy atom. The summed E-state index contributed by atoms with van der Waals surface area (Å²) >= 11 is 0. The second-order valence-corrected chi connectivity index (χ2v) is 6.34. The number of pyridine rings is 1. The second-order valence-electron chi connectivity index (χ2n) is 6.34. The van der Waals surface area contributed by atoms with Crippen molar-refractivity contribution < 1.29 is 14.3 Å². The minimum atomic E-state index is -0.317. The average Bonchev–Trinajstić information content (AvgIpc) is 3.02. The monoisotopic (exact) mass is 337 g/mol. The van der Waals surface area contributed by atoms with Gasteiger partial charge in [0.25, 0.3) is 0 Å². The molecule has 2 aromatic rings. The predicted molar refractivity (Wildman–Crippen MR) is 92.1 cm³/mol. The molecule has 6 heteroatoms. The van der Waals surface area contributed by atoms with Gasteiger partial charge in [-0.25, -0.2) is 0 Å². The predicted octanol–water partition coefficient (Wildman–Crippen LogP) is 1.86. The van der Waals surface area contributed by atoms with E-state index in [-0.39, 0.29) is 24.2 Å². The smallest absolute Gasteiger partial charge is 0.232 e. The lowest BCUT2D eigenvalue weighted by molar-refractivity contribution is -0.128. The van der Waals surface area contributed by atoms with Crippen molar-refractivity contribution in [3.05, 3.63) is 54.4 Å². The number of aromatic nitrogens is 1. The van der Waals surface area contributed by atoms with Gasteiger partial charge in [-0.05, 0) is 5.56 Å². The number of likely N-dealkylation sites (tertiary alicyclic amines) is 1. The molecular formula is C19H19N3O3. The van der Waals surface area contributed by atoms with Gasteiger partial charge < -0.3 is 14.5 Å². The van der Waals surface area contributed by atoms with Gasteiger partial charge in [0.05, 0.1) is 18.7 Å². The van der Waals surface area contributed by atoms with Crippen LogP contribution in [0.1, 0.15) is 12.0 Å². The van der Waals surface area contributed by atoms with Crippen LogP contribution in [0.4, 0.5) is 5.69 Å². The van der Waals surface area contributed by atoms with Crippen molar-refractivity contribution in [1.29, 1.82) is 0 Å². The van der Waals surface area contributed by atoms with Crippen LogP contribution in [0.15, 0.2) is 48.8 Å². The molecule has 2 aliphatic rings. The van der Waals surface area contributed by atoms with E-state index in [9.17, 15) is 9.59 Å². The molecule has 1 aromatic heterocycles. The van der Waals surface area contributed by atoms with E-state index in [4.69, 9.17) is 4.74 Å². The number of rotatable bonds is 3. The van der Waals surface area contributed by atoms with Crippen molar-refractivity contribution in [2.75, 3.05) is 24.6 Å². The van der Waals surface area contributed by atoms with Crippen LogP contribution in [0, 0.1) is 5.92 Å². The quantitative estimate of drug-likeness (QED) is 0.858. The highest BCUT2D eigenvalue weighted by Gasteiger charge is 2.38. The normalized spacial score (nSPS) is 19.5. The van der Waals surface area contributed by atoms with Gasteiger partial charge in [0.1, 0.15) is 18.0 Å². The summed E-state index contributed by atoms with van der Waals surface area (Å²) in [6, 6.07) is 11.6. The number of carbonyl (C=O) groups is 2. The van der Waals surface area contributed by atoms with Gasteiger partial charge in [-0.3, -0.25) is 14.6 Å². The molecule has 2 amide bonds. The lowest BCUT2D eigenvalue weighted by Gasteiger charge is -2.30. The molecule has 0 spiro atoms. The molecule has 25 heavy (non-hydrogen) atoms. The van der Waals surface area contributed by atoms with Crippen LogP contribution in [0.25, 0.3) is 0 Å². The van der Waals surface area contributed by atoms with Crippen molar-refractivity contribution in [1.82, 2.24) is 9.88 Å². The molecular weight excluding hydrogens is 318 g/mol. The number of benzene rings is 1. The third-order valence-corrected chi connectivity index (χ3v) is 4.67. The zero-order valence-corrected chi connectivity index (χ0v) is 13.8. The highest BCUT2D eigenvalue weighted by Crippen LogP contribution is 2.32. The lowest BCUT2D eigenvalue weighted by Crippen LogP contribution is -2.42. The van der Waals surface area contributed by atoms with Crippen molar-refractivity contribution in [3.63, 3.8) is 0 Å². The first kappa shape index (κ1) is 15.6. The van der Waals surface area contributed by atoms with Crippen molar-refractivity contribution >= 4 is 17.5 Å². The molecule has 2 aliphatic heterocycles. The molecule has 128 valence electrons. The van der Waals surface area contributed by atoms with Crippen LogP contribution in [0.2, 0.25) is 0 Å². The summed E-state index contributed by atoms with van der Waals surface area (Å²) in [5.41, 5.74) is 1.76. The highest BCUT2D eigenvalue weighted by molar-refractivity contribution is 6.00. The number of hydrogen-bond acceptors (Lipinski definition) is 4. The molecule has 0 bridgehead atoms. The molecule has 0 unspecified atom stereocenters. The Kier molecular flexibility index (Phi) is 4.09. The van der Waals surface area contributed by atoms with Crippen LogP contribution < -0.4 is 9.64 Å². The van der Waals surface area contributed by atoms with Crippen molar-refractivity contribution in [2.45, 2.75) is 13.0 Å². The lowest BCUT2D eigenvalue weighted by atomic mass is 10.1. The van der Waals surface area contributed by atoms with Gasteiger partial charge in [0.2, 0.25) is 11.8 Å². The van der Waals surface area contributed by atoms with E-state index in [1.165, 1.54) is 0 Å². The minimum absolute atomic E-state index is 0.0264. The molecule has 4 rings (SSSR count). The molecule has 1 aromatic carbocycles. The largest absolute Gasteiger partial charge is 0.489 e. The summed E-state index contributed by atoms with van der Waals surface area (Å²) in [5, 5.41) is 0. The number of amides is 2. The number of anilines is 1. The third kappa shape index (κ3) is 3.07. The number of fused-ring (bicyclic) bond motifs is 1. The van der Waals surface area contributed by atoms with Gasteiger partial charge in [0, 0.05) is 31.8 Å². The van der Waals surface area contributed by atoms with Crippen LogP contribution in [-0.2, 0) is 16.1 Å². The first-order valence-electron chi connectivity index (χ1n) is 8.42. The van der Waals surface area contributed by atoms with Gasteiger partial charge in [-0.1, -0.05) is 30.3 Å². The molecule has 0 saturated carbocycles. The Hall–Kier alpha value is -2.89. The van der Waals surface area contributed by atoms with Gasteiger partial charge in [-0.2, -0.15) is 0 Å². The first-order valence-corrected chi connectivity index (χ1v) is 8.42. The molecule has 0 N–H and O–H groups in total. The van der Waals surface area contributed by atoms with E-state index in [1.807, 2.05) is 30.3 Å². The summed E-state index contributed by atoms with van der Waals surface area (Å²) in [7, 11) is 0. The van der Waals surface area contributed by atoms with E-state index >= 15 is 0 Å². The first-order chi connectivity index (χ1) is 12.2. The van der Waals surface area contributed by atoms with Gasteiger partial charge in [0.15, 0.2) is 0 Å². The summed E-state index contributed by atoms with van der Waals surface area (Å²) in [4.78, 5) is 32.9. The Balaban J connectivity index is 1.48. The molecule has 3 heterocycles. The van der Waals surface area contributed by atoms with E-state index in [1.54, 1.807) is 28.3 Å². The molecule has 6 nitrogen and oxygen atoms in total. The SMILES string of the molecule is O=C1C[C@H](C(=O)N2CCOc3ccncc32)CN1Cc1ccccc1. The fraction of sp³-hybridized carbons (Fsp3) is 0.316. The fourth-order valence-electron chi connectivity index (χ4n) is 3.41. The maximum absolute atomic E-state index is 13.0. The van der Waals surface area contributed by atoms with Crippen LogP contribution in [0.5, 0.6) is 5.75 Å². The molecule has 1 fully saturated rings. The van der Waals surface area contributed by atoms with E-state index < -0.39 is 0 Å². The molecule has 0 radical (unpaired) electrons. The van der Waals surface area contributed by atoms with E-state index in [0.29, 0.717) is 37.7 Å². The fourth-order valence-corrected chi connectivity index (χ4v) is 3.41. The number of ether oxygens (including phenoxy) is 1. The third-order valence-electron chi connectivity index (χ3n) is 4.67. The highest BCUT2D eigenvalue weighted by atomic mass is 16.5. The Bertz CT molecular complexity index is 794. The summed E-state index contributed by atoms with van der Waals surface area (Å²) in [6.07, 6.45) is 3.55. The van der Waals surface area contributed by atoms with Gasteiger partial charge >= 0.3 is 0 Å². The maximum Gasteiger partial charge on any atom is 0.232 e. The molecule has 0 aliphatic carbocycles. The minimum Gasteiger partial charge on any atom is -0.489 e. The summed E-state index contributed by atoms with van der Waals surface area (Å²) in [5.74, 6) is 0.353. The summed E-state index contributed by atoms with van der Waals surface area (Å²) in [6.45, 7) is 1.95. The maximum atomic E-state index is 13.0. The zero-order chi connectivity index (χ0) is 17.2. The van der Waals surface area contributed by atoms with Gasteiger partial charge in [-0.15, -0.1) is 0 Å². The van der Waals surface area contributed by atoms with Crippen LogP contribution in [0.3, 0.4) is 0 Å². The summed E-state index contributed by atoms with van der Waals surface area (Å²) < 4.78 is 5.58. The molecule has 1 atom stereocenters. The number of nitrogens with zero attached hydrogens (tertiary/aromatic N) is 3. The van der Waals surface area contributed by atoms with Crippen molar-refractivity contribution in [2.24, 2.45) is 5.92 Å². The number of carbonyl (C=O) groups excluding carboxylic acids is 2. The van der Waals surface area contributed by atoms with Crippen LogP contribution in [-0.4, -0.2) is 41.4 Å². The van der Waals surface area contributed by atoms with Crippen LogP contribution >= 0.6 is 0 Å². The molecule has 1 saturated heterocycles. The van der Waals surface area contributed by atoms with E-state index in [0.717, 1.165) is 5.56 Å².